The Balaban J connectivity index is 3.54. The van der Waals surface area contributed by atoms with E-state index in [4.69, 9.17) is 14.9 Å². The molecule has 0 saturated carbocycles. The van der Waals surface area contributed by atoms with Gasteiger partial charge in [0, 0.05) is 6.61 Å². The Hall–Kier alpha value is -0.143. The first-order valence-corrected chi connectivity index (χ1v) is 7.62. The lowest BCUT2D eigenvalue weighted by molar-refractivity contribution is 0.368. The fourth-order valence-electron chi connectivity index (χ4n) is 0.314. The van der Waals surface area contributed by atoms with E-state index in [2.05, 4.69) is 0 Å². The third-order valence-electron chi connectivity index (χ3n) is 0.601. The molecular formula is C4H6N2OS2Si. The molecule has 0 unspecified atom stereocenters. The Labute approximate surface area is 69.4 Å². The van der Waals surface area contributed by atoms with Crippen LogP contribution in [-0.4, -0.2) is 13.9 Å². The van der Waals surface area contributed by atoms with Crippen LogP contribution in [0.4, 0.5) is 0 Å². The molecule has 0 heterocycles. The molecular weight excluding hydrogens is 184 g/mol. The minimum Gasteiger partial charge on any atom is -0.400 e. The number of rotatable bonds is 4. The molecule has 0 rings (SSSR count). The third-order valence-corrected chi connectivity index (χ3v) is 6.14. The standard InChI is InChI=1S/C4H6N2OS2Si/c1-2-7-10(8-3-5)9-4-6/h10H,2H2,1H3. The third kappa shape index (κ3) is 4.71. The van der Waals surface area contributed by atoms with Crippen molar-refractivity contribution in [1.29, 1.82) is 10.5 Å². The lowest BCUT2D eigenvalue weighted by Gasteiger charge is -2.03. The van der Waals surface area contributed by atoms with Gasteiger partial charge in [-0.15, -0.1) is 0 Å². The molecule has 0 aliphatic carbocycles. The van der Waals surface area contributed by atoms with Crippen LogP contribution in [0.3, 0.4) is 0 Å². The van der Waals surface area contributed by atoms with Crippen molar-refractivity contribution in [3.05, 3.63) is 0 Å². The van der Waals surface area contributed by atoms with Gasteiger partial charge in [-0.3, -0.25) is 0 Å². The van der Waals surface area contributed by atoms with Gasteiger partial charge >= 0.3 is 7.34 Å². The maximum Gasteiger partial charge on any atom is 0.332 e. The lowest BCUT2D eigenvalue weighted by Crippen LogP contribution is -2.07. The highest BCUT2D eigenvalue weighted by atomic mass is 32.6. The van der Waals surface area contributed by atoms with E-state index in [9.17, 15) is 0 Å². The molecule has 54 valence electrons. The smallest absolute Gasteiger partial charge is 0.332 e. The minimum absolute atomic E-state index is 0.584. The molecule has 0 spiro atoms. The molecule has 10 heavy (non-hydrogen) atoms. The molecule has 0 amide bonds. The summed E-state index contributed by atoms with van der Waals surface area (Å²) in [4.78, 5) is 0. The summed E-state index contributed by atoms with van der Waals surface area (Å²) in [6.07, 6.45) is 0. The number of hydrogen-bond acceptors (Lipinski definition) is 5. The number of nitriles is 2. The zero-order valence-corrected chi connectivity index (χ0v) is 8.19. The van der Waals surface area contributed by atoms with Gasteiger partial charge in [-0.05, 0) is 29.3 Å². The predicted octanol–water partition coefficient (Wildman–Crippen LogP) is 1.17. The molecule has 0 N–H and O–H groups in total. The molecule has 0 fully saturated rings. The van der Waals surface area contributed by atoms with Gasteiger partial charge in [0.15, 0.2) is 0 Å². The van der Waals surface area contributed by atoms with Crippen LogP contribution >= 0.6 is 22.4 Å². The van der Waals surface area contributed by atoms with Crippen molar-refractivity contribution in [2.45, 2.75) is 6.92 Å². The molecule has 0 aliphatic heterocycles. The first-order chi connectivity index (χ1) is 4.85. The highest BCUT2D eigenvalue weighted by molar-refractivity contribution is 8.56. The molecule has 3 nitrogen and oxygen atoms in total. The maximum absolute atomic E-state index is 8.23. The molecule has 0 aromatic rings. The van der Waals surface area contributed by atoms with Crippen LogP contribution < -0.4 is 0 Å². The Morgan fingerprint density at radius 2 is 1.90 bits per heavy atom. The van der Waals surface area contributed by atoms with E-state index >= 15 is 0 Å². The average molecular weight is 190 g/mol. The van der Waals surface area contributed by atoms with Crippen LogP contribution in [0.15, 0.2) is 0 Å². The largest absolute Gasteiger partial charge is 0.400 e. The van der Waals surface area contributed by atoms with Crippen LogP contribution in [0.5, 0.6) is 0 Å². The Morgan fingerprint density at radius 3 is 2.20 bits per heavy atom. The first-order valence-electron chi connectivity index (χ1n) is 2.56. The summed E-state index contributed by atoms with van der Waals surface area (Å²) in [6.45, 7) is 2.44. The van der Waals surface area contributed by atoms with Gasteiger partial charge in [0.1, 0.15) is 10.8 Å². The average Bonchev–Trinajstić information content (AvgIpc) is 1.90. The molecule has 0 aromatic heterocycles. The van der Waals surface area contributed by atoms with Crippen LogP contribution in [0.2, 0.25) is 0 Å². The summed E-state index contributed by atoms with van der Waals surface area (Å²) in [5, 5.41) is 20.3. The quantitative estimate of drug-likeness (QED) is 0.492. The number of hydrogen-bond donors (Lipinski definition) is 0. The topological polar surface area (TPSA) is 56.8 Å². The highest BCUT2D eigenvalue weighted by Crippen LogP contribution is 2.17. The van der Waals surface area contributed by atoms with E-state index in [1.807, 2.05) is 17.7 Å². The van der Waals surface area contributed by atoms with E-state index in [-0.39, 0.29) is 0 Å². The van der Waals surface area contributed by atoms with Gasteiger partial charge in [0.25, 0.3) is 0 Å². The molecule has 0 bridgehead atoms. The van der Waals surface area contributed by atoms with Crippen molar-refractivity contribution in [1.82, 2.24) is 0 Å². The van der Waals surface area contributed by atoms with Crippen molar-refractivity contribution in [3.63, 3.8) is 0 Å². The monoisotopic (exact) mass is 190 g/mol. The number of thiocyanates is 2. The Morgan fingerprint density at radius 1 is 1.40 bits per heavy atom. The summed E-state index contributed by atoms with van der Waals surface area (Å²) in [5.74, 6) is 0. The van der Waals surface area contributed by atoms with Gasteiger partial charge in [0.05, 0.1) is 0 Å². The van der Waals surface area contributed by atoms with Crippen molar-refractivity contribution < 1.29 is 4.43 Å². The van der Waals surface area contributed by atoms with Crippen molar-refractivity contribution in [2.24, 2.45) is 0 Å². The van der Waals surface area contributed by atoms with Crippen molar-refractivity contribution in [2.75, 3.05) is 6.61 Å². The van der Waals surface area contributed by atoms with Gasteiger partial charge in [-0.2, -0.15) is 10.5 Å². The predicted molar refractivity (Wildman–Crippen MR) is 45.2 cm³/mol. The SMILES string of the molecule is CCO[SiH](SC#N)SC#N. The normalized spacial score (nSPS) is 8.80. The van der Waals surface area contributed by atoms with Gasteiger partial charge in [-0.1, -0.05) is 0 Å². The maximum atomic E-state index is 8.23. The Bertz CT molecular complexity index is 148. The molecule has 0 aliphatic rings. The van der Waals surface area contributed by atoms with Gasteiger partial charge in [0.2, 0.25) is 0 Å². The van der Waals surface area contributed by atoms with Crippen molar-refractivity contribution >= 4 is 29.8 Å². The number of nitrogens with zero attached hydrogens (tertiary/aromatic N) is 2. The summed E-state index contributed by atoms with van der Waals surface area (Å²) in [7, 11) is -1.62. The molecule has 0 saturated heterocycles. The minimum atomic E-state index is -1.62. The summed E-state index contributed by atoms with van der Waals surface area (Å²) >= 11 is 2.18. The summed E-state index contributed by atoms with van der Waals surface area (Å²) in [5.41, 5.74) is 0. The first kappa shape index (κ1) is 9.86. The van der Waals surface area contributed by atoms with Crippen molar-refractivity contribution in [3.8, 4) is 10.8 Å². The second-order valence-corrected chi connectivity index (χ2v) is 7.79. The van der Waals surface area contributed by atoms with E-state index in [0.717, 1.165) is 22.4 Å². The molecule has 0 aromatic carbocycles. The fraction of sp³-hybridized carbons (Fsp3) is 0.500. The molecule has 6 heteroatoms. The zero-order chi connectivity index (χ0) is 7.82. The van der Waals surface area contributed by atoms with Crippen LogP contribution in [0.25, 0.3) is 0 Å². The highest BCUT2D eigenvalue weighted by Gasteiger charge is 2.12. The second-order valence-electron chi connectivity index (χ2n) is 1.16. The van der Waals surface area contributed by atoms with E-state index in [1.165, 1.54) is 0 Å². The van der Waals surface area contributed by atoms with E-state index < -0.39 is 7.34 Å². The fourth-order valence-corrected chi connectivity index (χ4v) is 4.04. The second kappa shape index (κ2) is 6.97. The molecule has 0 atom stereocenters. The molecule has 0 radical (unpaired) electrons. The van der Waals surface area contributed by atoms with E-state index in [1.54, 1.807) is 0 Å². The van der Waals surface area contributed by atoms with Crippen LogP contribution in [-0.2, 0) is 4.43 Å². The summed E-state index contributed by atoms with van der Waals surface area (Å²) < 4.78 is 5.14. The van der Waals surface area contributed by atoms with Gasteiger partial charge < -0.3 is 4.43 Å². The van der Waals surface area contributed by atoms with E-state index in [0.29, 0.717) is 6.61 Å². The lowest BCUT2D eigenvalue weighted by atomic mass is 10.9. The van der Waals surface area contributed by atoms with Gasteiger partial charge in [-0.25, -0.2) is 0 Å². The summed E-state index contributed by atoms with van der Waals surface area (Å²) in [6, 6.07) is 0. The Kier molecular flexibility index (Phi) is 6.87. The van der Waals surface area contributed by atoms with Crippen LogP contribution in [0.1, 0.15) is 6.92 Å². The zero-order valence-electron chi connectivity index (χ0n) is 5.40. The van der Waals surface area contributed by atoms with Crippen LogP contribution in [0, 0.1) is 21.3 Å².